The van der Waals surface area contributed by atoms with Gasteiger partial charge in [-0.3, -0.25) is 14.3 Å². The van der Waals surface area contributed by atoms with E-state index in [4.69, 9.17) is 29.3 Å². The third kappa shape index (κ3) is 4.23. The van der Waals surface area contributed by atoms with Crippen LogP contribution in [0, 0.1) is 0 Å². The first kappa shape index (κ1) is 26.0. The summed E-state index contributed by atoms with van der Waals surface area (Å²) in [5.74, 6) is 0. The van der Waals surface area contributed by atoms with Crippen molar-refractivity contribution >= 4 is 39.9 Å². The molecule has 4 heterocycles. The fourth-order valence-electron chi connectivity index (χ4n) is 5.42. The minimum absolute atomic E-state index is 0.0203. The summed E-state index contributed by atoms with van der Waals surface area (Å²) in [6.45, 7) is 18.0. The Hall–Kier alpha value is -1.09. The van der Waals surface area contributed by atoms with Gasteiger partial charge in [-0.1, -0.05) is 55.4 Å². The van der Waals surface area contributed by atoms with Crippen molar-refractivity contribution in [1.82, 2.24) is 19.5 Å². The Labute approximate surface area is 208 Å². The van der Waals surface area contributed by atoms with Gasteiger partial charge in [0, 0.05) is 6.42 Å². The largest absolute Gasteiger partial charge is 0.414 e. The van der Waals surface area contributed by atoms with Gasteiger partial charge >= 0.3 is 17.1 Å². The second-order valence-electron chi connectivity index (χ2n) is 10.7. The third-order valence-corrected chi connectivity index (χ3v) is 17.7. The van der Waals surface area contributed by atoms with E-state index >= 15 is 0 Å². The lowest BCUT2D eigenvalue weighted by Gasteiger charge is -2.51. The lowest BCUT2D eigenvalue weighted by molar-refractivity contribution is -0.0544. The van der Waals surface area contributed by atoms with Crippen LogP contribution in [-0.4, -0.2) is 55.5 Å². The van der Waals surface area contributed by atoms with Crippen LogP contribution < -0.4 is 5.56 Å². The molecule has 0 aromatic carbocycles. The summed E-state index contributed by atoms with van der Waals surface area (Å²) in [4.78, 5) is 23.3. The van der Waals surface area contributed by atoms with Crippen LogP contribution in [0.3, 0.4) is 0 Å². The Morgan fingerprint density at radius 2 is 1.65 bits per heavy atom. The van der Waals surface area contributed by atoms with E-state index in [0.717, 1.165) is 0 Å². The van der Waals surface area contributed by atoms with Crippen molar-refractivity contribution in [2.45, 2.75) is 102 Å². The van der Waals surface area contributed by atoms with Crippen molar-refractivity contribution in [2.24, 2.45) is 0 Å². The van der Waals surface area contributed by atoms with E-state index in [9.17, 15) is 4.79 Å². The van der Waals surface area contributed by atoms with Crippen LogP contribution in [0.1, 0.15) is 68.0 Å². The Balaban J connectivity index is 1.74. The van der Waals surface area contributed by atoms with Crippen LogP contribution in [0.5, 0.6) is 0 Å². The quantitative estimate of drug-likeness (QED) is 0.429. The highest BCUT2D eigenvalue weighted by Crippen LogP contribution is 2.48. The van der Waals surface area contributed by atoms with Gasteiger partial charge in [-0.15, -0.1) is 0 Å². The molecule has 2 aliphatic rings. The average molecular weight is 529 g/mol. The summed E-state index contributed by atoms with van der Waals surface area (Å²) in [6, 6.07) is 0. The number of aromatic amines is 1. The first-order valence-electron chi connectivity index (χ1n) is 12.2. The monoisotopic (exact) mass is 528 g/mol. The highest BCUT2D eigenvalue weighted by Gasteiger charge is 2.60. The Kier molecular flexibility index (Phi) is 7.20. The van der Waals surface area contributed by atoms with Gasteiger partial charge in [0.15, 0.2) is 11.2 Å². The summed E-state index contributed by atoms with van der Waals surface area (Å²) >= 11 is 6.02. The average Bonchev–Trinajstić information content (AvgIpc) is 3.31. The molecule has 190 valence electrons. The van der Waals surface area contributed by atoms with Gasteiger partial charge < -0.3 is 17.7 Å². The van der Waals surface area contributed by atoms with Gasteiger partial charge in [0.25, 0.3) is 5.56 Å². The Morgan fingerprint density at radius 1 is 1.03 bits per heavy atom. The molecule has 2 aliphatic heterocycles. The van der Waals surface area contributed by atoms with Crippen LogP contribution in [0.25, 0.3) is 11.2 Å². The van der Waals surface area contributed by atoms with Gasteiger partial charge in [0.2, 0.25) is 5.28 Å². The van der Waals surface area contributed by atoms with Crippen molar-refractivity contribution in [3.05, 3.63) is 22.0 Å². The van der Waals surface area contributed by atoms with E-state index < -0.39 is 23.3 Å². The van der Waals surface area contributed by atoms with E-state index in [1.165, 1.54) is 0 Å². The number of aromatic nitrogens is 4. The minimum Gasteiger partial charge on any atom is -0.414 e. The minimum atomic E-state index is -2.71. The maximum atomic E-state index is 12.3. The zero-order chi connectivity index (χ0) is 25.0. The van der Waals surface area contributed by atoms with E-state index in [2.05, 4.69) is 70.3 Å². The summed E-state index contributed by atoms with van der Waals surface area (Å²) in [7, 11) is -5.34. The Bertz CT molecular complexity index is 1070. The molecule has 0 radical (unpaired) electrons. The molecule has 2 aromatic heterocycles. The zero-order valence-electron chi connectivity index (χ0n) is 21.3. The number of nitrogens with zero attached hydrogens (tertiary/aromatic N) is 3. The zero-order valence-corrected chi connectivity index (χ0v) is 24.0. The molecular weight excluding hydrogens is 492 g/mol. The molecule has 0 saturated carbocycles. The van der Waals surface area contributed by atoms with Gasteiger partial charge in [0.05, 0.1) is 19.0 Å². The molecule has 2 saturated heterocycles. The van der Waals surface area contributed by atoms with Crippen LogP contribution in [0.4, 0.5) is 0 Å². The second-order valence-corrected chi connectivity index (χ2v) is 19.9. The number of fused-ring (bicyclic) bond motifs is 2. The lowest BCUT2D eigenvalue weighted by Crippen LogP contribution is -2.65. The van der Waals surface area contributed by atoms with Gasteiger partial charge in [-0.05, 0) is 33.8 Å². The standard InChI is InChI=1S/C22H37ClN4O5Si2/c1-12(2)33(13(3)4)29-10-17-16(31-34(32-33,14(5)6)15(7)8)9-18(30-17)27-11-24-19-20(27)25-22(23)26-21(19)28/h11-18H,9-10H2,1-8H3,(H,25,26,28)/t16-,17+,18+/m0/s1. The molecule has 0 aliphatic carbocycles. The summed E-state index contributed by atoms with van der Waals surface area (Å²) in [5, 5.41) is 0.0203. The molecule has 2 fully saturated rings. The topological polar surface area (TPSA) is 100 Å². The number of rotatable bonds is 5. The fraction of sp³-hybridized carbons (Fsp3) is 0.773. The normalized spacial score (nSPS) is 27.0. The third-order valence-electron chi connectivity index (χ3n) is 7.24. The van der Waals surface area contributed by atoms with Crippen molar-refractivity contribution in [1.29, 1.82) is 0 Å². The number of halogens is 1. The maximum Gasteiger partial charge on any atom is 0.335 e. The molecule has 0 spiro atoms. The number of imidazole rings is 1. The predicted molar refractivity (Wildman–Crippen MR) is 135 cm³/mol. The number of hydrogen-bond donors (Lipinski definition) is 1. The number of hydrogen-bond acceptors (Lipinski definition) is 7. The molecule has 0 unspecified atom stereocenters. The van der Waals surface area contributed by atoms with Gasteiger partial charge in [-0.25, -0.2) is 4.98 Å². The van der Waals surface area contributed by atoms with Crippen molar-refractivity contribution in [3.8, 4) is 0 Å². The molecule has 9 nitrogen and oxygen atoms in total. The smallest absolute Gasteiger partial charge is 0.335 e. The summed E-state index contributed by atoms with van der Waals surface area (Å²) in [6.07, 6.45) is 1.33. The molecule has 4 rings (SSSR count). The van der Waals surface area contributed by atoms with E-state index in [-0.39, 0.29) is 50.7 Å². The fourth-order valence-corrected chi connectivity index (χ4v) is 16.8. The van der Waals surface area contributed by atoms with E-state index in [0.29, 0.717) is 18.7 Å². The van der Waals surface area contributed by atoms with Crippen molar-refractivity contribution < 1.29 is 17.7 Å². The van der Waals surface area contributed by atoms with Crippen LogP contribution >= 0.6 is 11.6 Å². The molecule has 3 atom stereocenters. The molecule has 34 heavy (non-hydrogen) atoms. The molecule has 2 aromatic rings. The predicted octanol–water partition coefficient (Wildman–Crippen LogP) is 5.02. The molecule has 1 N–H and O–H groups in total. The van der Waals surface area contributed by atoms with Gasteiger partial charge in [-0.2, -0.15) is 4.98 Å². The summed E-state index contributed by atoms with van der Waals surface area (Å²) < 4.78 is 29.4. The molecule has 12 heteroatoms. The van der Waals surface area contributed by atoms with Crippen LogP contribution in [0.2, 0.25) is 27.4 Å². The SMILES string of the molecule is CC(C)[Si]1(C(C)C)OC[C@H]2O[C@@H](n3cnc4c(=O)[nH]c(Cl)nc43)C[C@@H]2O[Si](C(C)C)(C(C)C)O1. The molecule has 0 bridgehead atoms. The molecule has 0 amide bonds. The lowest BCUT2D eigenvalue weighted by atomic mass is 10.2. The second kappa shape index (κ2) is 9.42. The maximum absolute atomic E-state index is 12.3. The number of nitrogens with one attached hydrogen (secondary N) is 1. The van der Waals surface area contributed by atoms with Crippen LogP contribution in [0.15, 0.2) is 11.1 Å². The highest BCUT2D eigenvalue weighted by atomic mass is 35.5. The van der Waals surface area contributed by atoms with Crippen molar-refractivity contribution in [3.63, 3.8) is 0 Å². The highest BCUT2D eigenvalue weighted by molar-refractivity contribution is 6.83. The number of ether oxygens (including phenoxy) is 1. The number of H-pyrrole nitrogens is 1. The Morgan fingerprint density at radius 3 is 2.24 bits per heavy atom. The van der Waals surface area contributed by atoms with Crippen LogP contribution in [-0.2, 0) is 17.7 Å². The van der Waals surface area contributed by atoms with E-state index in [1.807, 2.05) is 0 Å². The van der Waals surface area contributed by atoms with Crippen molar-refractivity contribution in [2.75, 3.05) is 6.61 Å². The van der Waals surface area contributed by atoms with E-state index in [1.54, 1.807) is 10.9 Å². The molecular formula is C22H37ClN4O5Si2. The first-order valence-corrected chi connectivity index (χ1v) is 16.5. The summed E-state index contributed by atoms with van der Waals surface area (Å²) in [5.41, 5.74) is 1.28. The van der Waals surface area contributed by atoms with Gasteiger partial charge in [0.1, 0.15) is 12.3 Å². The first-order chi connectivity index (χ1) is 15.9.